The fourth-order valence-corrected chi connectivity index (χ4v) is 11.1. The first-order valence-corrected chi connectivity index (χ1v) is 24.2. The minimum atomic E-state index is -0.0176. The van der Waals surface area contributed by atoms with Crippen molar-refractivity contribution in [2.75, 3.05) is 9.80 Å². The molecule has 0 spiro atoms. The van der Waals surface area contributed by atoms with E-state index in [1.807, 2.05) is 155 Å². The zero-order valence-electron chi connectivity index (χ0n) is 39.5. The highest BCUT2D eigenvalue weighted by Gasteiger charge is 2.31. The SMILES string of the molecule is N#Cc1c(C#N)c(-n2c3ccc(N(c4ccccc4)c4ccccc4)cc3c3c4ccccc4ccc32)c(C#N)c(C#N)c1-n1c2ccc(N(c3ccccc3)c3ccccc3)cc2c2c3ccccc3ccc21. The van der Waals surface area contributed by atoms with Crippen LogP contribution >= 0.6 is 0 Å². The number of rotatable bonds is 8. The standard InChI is InChI=1S/C66H38N8/c67-39-55-57(41-69)66(74-60-36-32-50(72(47-23-9-3-10-24-47)48-25-11-4-12-26-48)38-54(60)64-52-28-16-14-18-44(52)30-34-62(64)74)58(42-70)56(40-68)65(55)73-59-35-31-49(71(45-19-5-1-6-20-45)46-21-7-2-8-22-46)37-53(59)63-51-27-15-13-17-43(51)29-33-61(63)73/h1-38H. The Labute approximate surface area is 425 Å². The van der Waals surface area contributed by atoms with Crippen molar-refractivity contribution < 1.29 is 0 Å². The maximum atomic E-state index is 11.6. The van der Waals surface area contributed by atoms with Gasteiger partial charge in [-0.2, -0.15) is 21.0 Å². The molecule has 0 aliphatic heterocycles. The van der Waals surface area contributed by atoms with Crippen molar-refractivity contribution in [1.82, 2.24) is 9.13 Å². The molecule has 2 aromatic heterocycles. The highest BCUT2D eigenvalue weighted by molar-refractivity contribution is 6.24. The summed E-state index contributed by atoms with van der Waals surface area (Å²) in [5.41, 5.74) is 8.78. The van der Waals surface area contributed by atoms with Gasteiger partial charge in [-0.05, 0) is 119 Å². The molecule has 0 atom stereocenters. The number of hydrogen-bond donors (Lipinski definition) is 0. The first-order valence-electron chi connectivity index (χ1n) is 24.2. The van der Waals surface area contributed by atoms with E-state index >= 15 is 0 Å². The summed E-state index contributed by atoms with van der Waals surface area (Å²) in [7, 11) is 0. The predicted molar refractivity (Wildman–Crippen MR) is 298 cm³/mol. The van der Waals surface area contributed by atoms with Crippen LogP contribution in [0.15, 0.2) is 231 Å². The number of fused-ring (bicyclic) bond motifs is 10. The lowest BCUT2D eigenvalue weighted by molar-refractivity contribution is 1.10. The van der Waals surface area contributed by atoms with Crippen LogP contribution in [0.2, 0.25) is 0 Å². The second-order valence-electron chi connectivity index (χ2n) is 18.1. The summed E-state index contributed by atoms with van der Waals surface area (Å²) in [5, 5.41) is 53.8. The molecular weight excluding hydrogens is 905 g/mol. The second-order valence-corrected chi connectivity index (χ2v) is 18.1. The van der Waals surface area contributed by atoms with E-state index < -0.39 is 0 Å². The molecule has 8 heteroatoms. The summed E-state index contributed by atoms with van der Waals surface area (Å²) in [5.74, 6) is 0. The average Bonchev–Trinajstić information content (AvgIpc) is 4.02. The third-order valence-electron chi connectivity index (χ3n) is 14.2. The molecule has 0 fully saturated rings. The summed E-state index contributed by atoms with van der Waals surface area (Å²) in [6.45, 7) is 0. The summed E-state index contributed by atoms with van der Waals surface area (Å²) < 4.78 is 3.82. The van der Waals surface area contributed by atoms with Gasteiger partial charge in [0.05, 0.1) is 55.7 Å². The van der Waals surface area contributed by atoms with Crippen molar-refractivity contribution in [3.8, 4) is 35.7 Å². The summed E-state index contributed by atoms with van der Waals surface area (Å²) >= 11 is 0. The van der Waals surface area contributed by atoms with Gasteiger partial charge in [0.2, 0.25) is 0 Å². The number of anilines is 6. The Morgan fingerprint density at radius 2 is 0.568 bits per heavy atom. The largest absolute Gasteiger partial charge is 0.310 e. The number of aromatic nitrogens is 2. The zero-order chi connectivity index (χ0) is 49.9. The summed E-state index contributed by atoms with van der Waals surface area (Å²) in [6.07, 6.45) is 0. The monoisotopic (exact) mass is 942 g/mol. The Morgan fingerprint density at radius 1 is 0.270 bits per heavy atom. The van der Waals surface area contributed by atoms with Gasteiger partial charge in [-0.1, -0.05) is 133 Å². The van der Waals surface area contributed by atoms with Crippen molar-refractivity contribution in [1.29, 1.82) is 21.0 Å². The van der Waals surface area contributed by atoms with Crippen LogP contribution in [0.1, 0.15) is 22.3 Å². The van der Waals surface area contributed by atoms with Crippen molar-refractivity contribution in [3.63, 3.8) is 0 Å². The number of nitriles is 4. The first-order chi connectivity index (χ1) is 36.6. The molecule has 13 aromatic rings. The Balaban J connectivity index is 1.12. The van der Waals surface area contributed by atoms with E-state index in [9.17, 15) is 21.0 Å². The van der Waals surface area contributed by atoms with Gasteiger partial charge in [-0.15, -0.1) is 0 Å². The van der Waals surface area contributed by atoms with Crippen LogP contribution in [0.4, 0.5) is 34.1 Å². The Morgan fingerprint density at radius 3 is 0.892 bits per heavy atom. The number of nitrogens with zero attached hydrogens (tertiary/aromatic N) is 8. The van der Waals surface area contributed by atoms with E-state index in [4.69, 9.17) is 0 Å². The molecule has 0 saturated heterocycles. The minimum Gasteiger partial charge on any atom is -0.310 e. The van der Waals surface area contributed by atoms with Crippen LogP contribution < -0.4 is 9.80 Å². The highest BCUT2D eigenvalue weighted by atomic mass is 15.1. The van der Waals surface area contributed by atoms with E-state index in [-0.39, 0.29) is 33.6 Å². The van der Waals surface area contributed by atoms with Crippen molar-refractivity contribution in [3.05, 3.63) is 253 Å². The van der Waals surface area contributed by atoms with E-state index in [0.29, 0.717) is 22.1 Å². The molecule has 0 amide bonds. The van der Waals surface area contributed by atoms with Crippen LogP contribution in [0, 0.1) is 45.3 Å². The van der Waals surface area contributed by atoms with Crippen LogP contribution in [-0.2, 0) is 0 Å². The third kappa shape index (κ3) is 6.58. The fourth-order valence-electron chi connectivity index (χ4n) is 11.1. The Bertz CT molecular complexity index is 4160. The molecule has 0 aliphatic carbocycles. The van der Waals surface area contributed by atoms with Gasteiger partial charge in [0.25, 0.3) is 0 Å². The summed E-state index contributed by atoms with van der Waals surface area (Å²) in [6, 6.07) is 87.2. The van der Waals surface area contributed by atoms with Crippen LogP contribution in [0.3, 0.4) is 0 Å². The number of benzene rings is 11. The van der Waals surface area contributed by atoms with Crippen molar-refractivity contribution >= 4 is 99.3 Å². The third-order valence-corrected chi connectivity index (χ3v) is 14.2. The number of hydrogen-bond acceptors (Lipinski definition) is 6. The lowest BCUT2D eigenvalue weighted by Gasteiger charge is -2.25. The topological polar surface area (TPSA) is 111 Å². The maximum absolute atomic E-state index is 11.6. The highest BCUT2D eigenvalue weighted by Crippen LogP contribution is 2.47. The Kier molecular flexibility index (Phi) is 10.2. The molecule has 2 heterocycles. The lowest BCUT2D eigenvalue weighted by Crippen LogP contribution is -2.12. The number of para-hydroxylation sites is 4. The molecule has 74 heavy (non-hydrogen) atoms. The molecule has 342 valence electrons. The summed E-state index contributed by atoms with van der Waals surface area (Å²) in [4.78, 5) is 4.40. The van der Waals surface area contributed by atoms with Crippen LogP contribution in [0.5, 0.6) is 0 Å². The quantitative estimate of drug-likeness (QED) is 0.150. The minimum absolute atomic E-state index is 0.0176. The normalized spacial score (nSPS) is 11.2. The van der Waals surface area contributed by atoms with Gasteiger partial charge < -0.3 is 18.9 Å². The molecule has 0 aliphatic rings. The van der Waals surface area contributed by atoms with Crippen LogP contribution in [0.25, 0.3) is 76.5 Å². The average molecular weight is 943 g/mol. The van der Waals surface area contributed by atoms with Gasteiger partial charge in [-0.3, -0.25) is 0 Å². The van der Waals surface area contributed by atoms with Gasteiger partial charge in [0, 0.05) is 55.7 Å². The van der Waals surface area contributed by atoms with Gasteiger partial charge in [-0.25, -0.2) is 0 Å². The molecule has 13 rings (SSSR count). The van der Waals surface area contributed by atoms with E-state index in [1.54, 1.807) is 0 Å². The molecule has 0 bridgehead atoms. The van der Waals surface area contributed by atoms with Gasteiger partial charge >= 0.3 is 0 Å². The maximum Gasteiger partial charge on any atom is 0.103 e. The first kappa shape index (κ1) is 43.1. The van der Waals surface area contributed by atoms with Crippen molar-refractivity contribution in [2.45, 2.75) is 0 Å². The van der Waals surface area contributed by atoms with Crippen LogP contribution in [-0.4, -0.2) is 9.13 Å². The van der Waals surface area contributed by atoms with Gasteiger partial charge in [0.15, 0.2) is 0 Å². The fraction of sp³-hybridized carbons (Fsp3) is 0. The van der Waals surface area contributed by atoms with Gasteiger partial charge in [0.1, 0.15) is 24.3 Å². The predicted octanol–water partition coefficient (Wildman–Crippen LogP) is 16.6. The molecule has 0 N–H and O–H groups in total. The van der Waals surface area contributed by atoms with E-state index in [1.165, 1.54) is 0 Å². The zero-order valence-corrected chi connectivity index (χ0v) is 39.5. The van der Waals surface area contributed by atoms with E-state index in [2.05, 4.69) is 119 Å². The molecular formula is C66H38N8. The van der Waals surface area contributed by atoms with Crippen molar-refractivity contribution in [2.24, 2.45) is 0 Å². The van der Waals surface area contributed by atoms with E-state index in [0.717, 1.165) is 77.2 Å². The molecule has 0 radical (unpaired) electrons. The molecule has 0 unspecified atom stereocenters. The second kappa shape index (κ2) is 17.5. The Hall–Kier alpha value is -10.9. The molecule has 0 saturated carbocycles. The lowest BCUT2D eigenvalue weighted by atomic mass is 9.93. The smallest absolute Gasteiger partial charge is 0.103 e. The molecule has 8 nitrogen and oxygen atoms in total. The molecule has 11 aromatic carbocycles.